The molecule has 0 fully saturated rings. The summed E-state index contributed by atoms with van der Waals surface area (Å²) in [7, 11) is 1.37. The molecule has 0 unspecified atom stereocenters. The Balaban J connectivity index is 1.71. The van der Waals surface area contributed by atoms with Crippen molar-refractivity contribution in [3.63, 3.8) is 0 Å². The highest BCUT2D eigenvalue weighted by atomic mass is 16.5. The van der Waals surface area contributed by atoms with Gasteiger partial charge in [-0.1, -0.05) is 12.1 Å². The summed E-state index contributed by atoms with van der Waals surface area (Å²) < 4.78 is 10.5. The lowest BCUT2D eigenvalue weighted by molar-refractivity contribution is 0.00906. The van der Waals surface area contributed by atoms with Crippen LogP contribution in [-0.4, -0.2) is 79.7 Å². The van der Waals surface area contributed by atoms with Crippen LogP contribution in [0.15, 0.2) is 42.5 Å². The normalized spacial score (nSPS) is 16.9. The summed E-state index contributed by atoms with van der Waals surface area (Å²) in [6, 6.07) is 9.53. The lowest BCUT2D eigenvalue weighted by atomic mass is 9.63. The van der Waals surface area contributed by atoms with E-state index in [-0.39, 0.29) is 61.8 Å². The number of phenols is 5. The van der Waals surface area contributed by atoms with Gasteiger partial charge in [-0.05, 0) is 65.4 Å². The first-order chi connectivity index (χ1) is 22.3. The molecule has 4 aromatic rings. The highest BCUT2D eigenvalue weighted by Crippen LogP contribution is 2.57. The SMILES string of the molecule is COc1cc(O)c2c(c1)[C@@H]([C@@H]1c3cc(O)cc(O)c3C(=O)c3c1cc(C)c(C(=O)OC[C@@H](O)CO)c3O)c1cc(C)cc(O)c1C2=O. The number of ketones is 2. The van der Waals surface area contributed by atoms with Crippen molar-refractivity contribution in [2.75, 3.05) is 20.3 Å². The van der Waals surface area contributed by atoms with Crippen LogP contribution in [0, 0.1) is 13.8 Å². The van der Waals surface area contributed by atoms with Gasteiger partial charge in [-0.3, -0.25) is 9.59 Å². The molecule has 242 valence electrons. The molecule has 2 aliphatic rings. The van der Waals surface area contributed by atoms with Crippen LogP contribution in [0.3, 0.4) is 0 Å². The number of hydrogen-bond donors (Lipinski definition) is 7. The number of esters is 1. The zero-order valence-electron chi connectivity index (χ0n) is 25.4. The fourth-order valence-corrected chi connectivity index (χ4v) is 6.81. The number of aliphatic hydroxyl groups is 2. The van der Waals surface area contributed by atoms with Gasteiger partial charge >= 0.3 is 5.97 Å². The number of hydrogen-bond acceptors (Lipinski definition) is 12. The van der Waals surface area contributed by atoms with E-state index in [1.807, 2.05) is 0 Å². The zero-order chi connectivity index (χ0) is 34.1. The van der Waals surface area contributed by atoms with E-state index in [0.717, 1.165) is 6.07 Å². The topological polar surface area (TPSA) is 211 Å². The number of ether oxygens (including phenoxy) is 2. The predicted octanol–water partition coefficient (Wildman–Crippen LogP) is 3.40. The number of aryl methyl sites for hydroxylation is 2. The Morgan fingerprint density at radius 3 is 1.89 bits per heavy atom. The fourth-order valence-electron chi connectivity index (χ4n) is 6.81. The molecule has 12 nitrogen and oxygen atoms in total. The Morgan fingerprint density at radius 1 is 0.745 bits per heavy atom. The minimum Gasteiger partial charge on any atom is -0.508 e. The van der Waals surface area contributed by atoms with Crippen molar-refractivity contribution in [1.82, 2.24) is 0 Å². The molecule has 0 aromatic heterocycles. The molecule has 0 heterocycles. The van der Waals surface area contributed by atoms with E-state index in [4.69, 9.17) is 14.6 Å². The molecule has 0 radical (unpaired) electrons. The van der Waals surface area contributed by atoms with E-state index in [2.05, 4.69) is 0 Å². The Labute approximate surface area is 267 Å². The van der Waals surface area contributed by atoms with Crippen LogP contribution in [0.2, 0.25) is 0 Å². The van der Waals surface area contributed by atoms with Gasteiger partial charge in [-0.2, -0.15) is 0 Å². The number of benzene rings is 4. The number of aliphatic hydroxyl groups excluding tert-OH is 2. The average Bonchev–Trinajstić information content (AvgIpc) is 2.99. The smallest absolute Gasteiger partial charge is 0.342 e. The first-order valence-electron chi connectivity index (χ1n) is 14.5. The van der Waals surface area contributed by atoms with Crippen molar-refractivity contribution in [2.45, 2.75) is 31.8 Å². The van der Waals surface area contributed by atoms with E-state index < -0.39 is 71.5 Å². The second kappa shape index (κ2) is 11.3. The predicted molar refractivity (Wildman–Crippen MR) is 164 cm³/mol. The summed E-state index contributed by atoms with van der Waals surface area (Å²) in [5.41, 5.74) is 0.214. The third kappa shape index (κ3) is 4.80. The van der Waals surface area contributed by atoms with Crippen molar-refractivity contribution in [3.05, 3.63) is 104 Å². The molecule has 0 bridgehead atoms. The van der Waals surface area contributed by atoms with Crippen LogP contribution in [0.1, 0.15) is 87.4 Å². The minimum atomic E-state index is -1.39. The Hall–Kier alpha value is -5.59. The quantitative estimate of drug-likeness (QED) is 0.151. The number of aromatic hydroxyl groups is 5. The second-order valence-corrected chi connectivity index (χ2v) is 11.7. The maximum absolute atomic E-state index is 14.1. The first kappa shape index (κ1) is 31.4. The molecule has 4 aromatic carbocycles. The minimum absolute atomic E-state index is 0.110. The fraction of sp³-hybridized carbons (Fsp3) is 0.229. The summed E-state index contributed by atoms with van der Waals surface area (Å²) >= 11 is 0. The third-order valence-electron chi connectivity index (χ3n) is 8.71. The summed E-state index contributed by atoms with van der Waals surface area (Å²) in [5, 5.41) is 74.2. The Morgan fingerprint density at radius 2 is 1.28 bits per heavy atom. The number of rotatable bonds is 6. The van der Waals surface area contributed by atoms with Crippen molar-refractivity contribution in [3.8, 4) is 34.5 Å². The van der Waals surface area contributed by atoms with Crippen LogP contribution in [0.4, 0.5) is 0 Å². The molecule has 7 N–H and O–H groups in total. The Bertz CT molecular complexity index is 2030. The molecule has 12 heteroatoms. The summed E-state index contributed by atoms with van der Waals surface area (Å²) in [5.74, 6) is -7.12. The molecular formula is C35H30O12. The standard InChI is InChI=1S/C35H30O12/c1-13-4-18-26(21-9-17(46-3)10-24(41)30(21)33(43)28(18)22(39)5-13)27-19-6-14(2)25(35(45)47-12-16(38)11-36)32(42)31(19)34(44)29-20(27)7-15(37)8-23(29)40/h4-10,16,26-27,36-42H,11-12H2,1-3H3/t16-,26-,27-/m0/s1. The monoisotopic (exact) mass is 642 g/mol. The maximum atomic E-state index is 14.1. The van der Waals surface area contributed by atoms with Crippen molar-refractivity contribution in [1.29, 1.82) is 0 Å². The van der Waals surface area contributed by atoms with Crippen LogP contribution < -0.4 is 4.74 Å². The third-order valence-corrected chi connectivity index (χ3v) is 8.71. The number of phenolic OH excluding ortho intramolecular Hbond substituents is 5. The van der Waals surface area contributed by atoms with Gasteiger partial charge in [0.25, 0.3) is 0 Å². The van der Waals surface area contributed by atoms with Gasteiger partial charge in [0.15, 0.2) is 0 Å². The molecule has 47 heavy (non-hydrogen) atoms. The lowest BCUT2D eigenvalue weighted by Gasteiger charge is -2.39. The van der Waals surface area contributed by atoms with Crippen LogP contribution in [0.25, 0.3) is 0 Å². The molecule has 6 rings (SSSR count). The molecule has 2 aliphatic carbocycles. The molecule has 0 saturated heterocycles. The van der Waals surface area contributed by atoms with Crippen molar-refractivity contribution in [2.24, 2.45) is 0 Å². The lowest BCUT2D eigenvalue weighted by Crippen LogP contribution is -2.30. The molecule has 0 spiro atoms. The van der Waals surface area contributed by atoms with E-state index in [1.165, 1.54) is 44.4 Å². The van der Waals surface area contributed by atoms with E-state index in [1.54, 1.807) is 13.0 Å². The maximum Gasteiger partial charge on any atom is 0.342 e. The second-order valence-electron chi connectivity index (χ2n) is 11.7. The summed E-state index contributed by atoms with van der Waals surface area (Å²) in [4.78, 5) is 41.1. The highest BCUT2D eigenvalue weighted by Gasteiger charge is 2.47. The van der Waals surface area contributed by atoms with Crippen LogP contribution >= 0.6 is 0 Å². The Kier molecular flexibility index (Phi) is 7.57. The van der Waals surface area contributed by atoms with Crippen LogP contribution in [-0.2, 0) is 4.74 Å². The summed E-state index contributed by atoms with van der Waals surface area (Å²) in [6.07, 6.45) is -1.39. The van der Waals surface area contributed by atoms with Gasteiger partial charge in [-0.25, -0.2) is 4.79 Å². The molecule has 0 saturated carbocycles. The largest absolute Gasteiger partial charge is 0.508 e. The number of fused-ring (bicyclic) bond motifs is 4. The first-order valence-corrected chi connectivity index (χ1v) is 14.5. The van der Waals surface area contributed by atoms with Crippen LogP contribution in [0.5, 0.6) is 34.5 Å². The van der Waals surface area contributed by atoms with Gasteiger partial charge in [-0.15, -0.1) is 0 Å². The van der Waals surface area contributed by atoms with E-state index in [0.29, 0.717) is 11.1 Å². The number of carbonyl (C=O) groups is 3. The zero-order valence-corrected chi connectivity index (χ0v) is 25.4. The molecule has 3 atom stereocenters. The molecule has 0 aliphatic heterocycles. The van der Waals surface area contributed by atoms with E-state index in [9.17, 15) is 45.0 Å². The van der Waals surface area contributed by atoms with Gasteiger partial charge in [0.1, 0.15) is 52.8 Å². The molecule has 0 amide bonds. The molecular weight excluding hydrogens is 612 g/mol. The van der Waals surface area contributed by atoms with E-state index >= 15 is 0 Å². The number of methoxy groups -OCH3 is 1. The summed E-state index contributed by atoms with van der Waals surface area (Å²) in [6.45, 7) is 1.90. The van der Waals surface area contributed by atoms with Gasteiger partial charge in [0, 0.05) is 24.0 Å². The van der Waals surface area contributed by atoms with Gasteiger partial charge in [0.2, 0.25) is 11.6 Å². The van der Waals surface area contributed by atoms with Crippen molar-refractivity contribution >= 4 is 17.5 Å². The van der Waals surface area contributed by atoms with Gasteiger partial charge < -0.3 is 45.2 Å². The average molecular weight is 643 g/mol. The van der Waals surface area contributed by atoms with Gasteiger partial charge in [0.05, 0.1) is 36.0 Å². The number of carbonyl (C=O) groups excluding carboxylic acids is 3. The van der Waals surface area contributed by atoms with Crippen molar-refractivity contribution < 1.29 is 59.6 Å². The highest BCUT2D eigenvalue weighted by molar-refractivity contribution is 6.19.